The van der Waals surface area contributed by atoms with Crippen LogP contribution in [0.15, 0.2) is 17.5 Å². The topological polar surface area (TPSA) is 53.9 Å². The van der Waals surface area contributed by atoms with Crippen molar-refractivity contribution in [1.29, 1.82) is 0 Å². The molecule has 19 heavy (non-hydrogen) atoms. The van der Waals surface area contributed by atoms with Gasteiger partial charge in [-0.25, -0.2) is 0 Å². The lowest BCUT2D eigenvalue weighted by Gasteiger charge is -2.16. The van der Waals surface area contributed by atoms with Crippen LogP contribution in [-0.4, -0.2) is 28.5 Å². The molecule has 1 N–H and O–H groups in total. The normalized spacial score (nSPS) is 10.5. The monoisotopic (exact) mass is 297 g/mol. The summed E-state index contributed by atoms with van der Waals surface area (Å²) in [5, 5.41) is 5.38. The van der Waals surface area contributed by atoms with Gasteiger partial charge >= 0.3 is 0 Å². The SMILES string of the molecule is CCCNc1nc(Cl)nc(N(C)Cc2cccs2)n1. The highest BCUT2D eigenvalue weighted by molar-refractivity contribution is 7.09. The van der Waals surface area contributed by atoms with Crippen molar-refractivity contribution in [2.75, 3.05) is 23.8 Å². The summed E-state index contributed by atoms with van der Waals surface area (Å²) in [6.45, 7) is 3.65. The van der Waals surface area contributed by atoms with E-state index in [4.69, 9.17) is 11.6 Å². The molecule has 0 bridgehead atoms. The molecule has 0 spiro atoms. The second-order valence-electron chi connectivity index (χ2n) is 4.09. The molecule has 5 nitrogen and oxygen atoms in total. The summed E-state index contributed by atoms with van der Waals surface area (Å²) in [6.07, 6.45) is 1.00. The molecule has 0 aliphatic rings. The van der Waals surface area contributed by atoms with E-state index in [9.17, 15) is 0 Å². The fraction of sp³-hybridized carbons (Fsp3) is 0.417. The molecule has 2 aromatic heterocycles. The zero-order valence-electron chi connectivity index (χ0n) is 10.9. The molecular weight excluding hydrogens is 282 g/mol. The van der Waals surface area contributed by atoms with Crippen LogP contribution < -0.4 is 10.2 Å². The molecule has 0 radical (unpaired) electrons. The fourth-order valence-corrected chi connectivity index (χ4v) is 2.45. The summed E-state index contributed by atoms with van der Waals surface area (Å²) < 4.78 is 0. The number of halogens is 1. The largest absolute Gasteiger partial charge is 0.354 e. The van der Waals surface area contributed by atoms with Crippen LogP contribution in [0.2, 0.25) is 5.28 Å². The molecule has 0 atom stereocenters. The molecule has 0 unspecified atom stereocenters. The van der Waals surface area contributed by atoms with Gasteiger partial charge in [0.15, 0.2) is 0 Å². The molecule has 0 aliphatic heterocycles. The van der Waals surface area contributed by atoms with E-state index in [1.165, 1.54) is 4.88 Å². The van der Waals surface area contributed by atoms with Crippen LogP contribution in [0.3, 0.4) is 0 Å². The Bertz CT molecular complexity index is 517. The van der Waals surface area contributed by atoms with Gasteiger partial charge in [0.2, 0.25) is 17.2 Å². The van der Waals surface area contributed by atoms with E-state index >= 15 is 0 Å². The van der Waals surface area contributed by atoms with Crippen LogP contribution in [0.4, 0.5) is 11.9 Å². The maximum atomic E-state index is 5.93. The Hall–Kier alpha value is -1.40. The lowest BCUT2D eigenvalue weighted by atomic mass is 10.4. The number of anilines is 2. The summed E-state index contributed by atoms with van der Waals surface area (Å²) in [5.74, 6) is 1.10. The number of thiophene rings is 1. The number of aromatic nitrogens is 3. The highest BCUT2D eigenvalue weighted by atomic mass is 35.5. The molecule has 7 heteroatoms. The van der Waals surface area contributed by atoms with Crippen molar-refractivity contribution in [3.8, 4) is 0 Å². The molecule has 0 aliphatic carbocycles. The maximum Gasteiger partial charge on any atom is 0.231 e. The van der Waals surface area contributed by atoms with Crippen molar-refractivity contribution in [2.45, 2.75) is 19.9 Å². The summed E-state index contributed by atoms with van der Waals surface area (Å²) >= 11 is 7.64. The van der Waals surface area contributed by atoms with Crippen LogP contribution in [0, 0.1) is 0 Å². The van der Waals surface area contributed by atoms with Gasteiger partial charge < -0.3 is 10.2 Å². The third-order valence-corrected chi connectivity index (χ3v) is 3.47. The predicted molar refractivity (Wildman–Crippen MR) is 80.0 cm³/mol. The standard InChI is InChI=1S/C12H16ClN5S/c1-3-6-14-11-15-10(13)16-12(17-11)18(2)8-9-5-4-7-19-9/h4-5,7H,3,6,8H2,1-2H3,(H,14,15,16,17). The number of nitrogens with zero attached hydrogens (tertiary/aromatic N) is 4. The molecule has 2 heterocycles. The number of hydrogen-bond donors (Lipinski definition) is 1. The third kappa shape index (κ3) is 4.04. The highest BCUT2D eigenvalue weighted by Crippen LogP contribution is 2.17. The fourth-order valence-electron chi connectivity index (χ4n) is 1.53. The summed E-state index contributed by atoms with van der Waals surface area (Å²) in [5.41, 5.74) is 0. The Labute approximate surface area is 121 Å². The van der Waals surface area contributed by atoms with Gasteiger partial charge in [0, 0.05) is 18.5 Å². The van der Waals surface area contributed by atoms with Crippen LogP contribution in [-0.2, 0) is 6.54 Å². The van der Waals surface area contributed by atoms with Gasteiger partial charge in [0.05, 0.1) is 6.54 Å². The quantitative estimate of drug-likeness (QED) is 0.888. The van der Waals surface area contributed by atoms with Crippen molar-refractivity contribution >= 4 is 34.8 Å². The molecule has 0 amide bonds. The van der Waals surface area contributed by atoms with E-state index < -0.39 is 0 Å². The van der Waals surface area contributed by atoms with Crippen LogP contribution in [0.25, 0.3) is 0 Å². The average molecular weight is 298 g/mol. The maximum absolute atomic E-state index is 5.93. The smallest absolute Gasteiger partial charge is 0.231 e. The van der Waals surface area contributed by atoms with E-state index in [-0.39, 0.29) is 5.28 Å². The lowest BCUT2D eigenvalue weighted by Crippen LogP contribution is -2.20. The zero-order chi connectivity index (χ0) is 13.7. The van der Waals surface area contributed by atoms with Crippen molar-refractivity contribution in [3.05, 3.63) is 27.7 Å². The zero-order valence-corrected chi connectivity index (χ0v) is 12.5. The van der Waals surface area contributed by atoms with Gasteiger partial charge in [0.1, 0.15) is 0 Å². The average Bonchev–Trinajstić information content (AvgIpc) is 2.88. The van der Waals surface area contributed by atoms with Crippen molar-refractivity contribution < 1.29 is 0 Å². The number of nitrogens with one attached hydrogen (secondary N) is 1. The van der Waals surface area contributed by atoms with Crippen molar-refractivity contribution in [1.82, 2.24) is 15.0 Å². The molecule has 0 fully saturated rings. The Morgan fingerprint density at radius 3 is 2.89 bits per heavy atom. The van der Waals surface area contributed by atoms with Gasteiger partial charge in [-0.05, 0) is 29.5 Å². The number of rotatable bonds is 6. The highest BCUT2D eigenvalue weighted by Gasteiger charge is 2.10. The molecule has 2 rings (SSSR count). The van der Waals surface area contributed by atoms with E-state index in [0.29, 0.717) is 11.9 Å². The molecule has 2 aromatic rings. The molecular formula is C12H16ClN5S. The number of hydrogen-bond acceptors (Lipinski definition) is 6. The first-order valence-electron chi connectivity index (χ1n) is 6.08. The second-order valence-corrected chi connectivity index (χ2v) is 5.46. The van der Waals surface area contributed by atoms with Gasteiger partial charge in [0.25, 0.3) is 0 Å². The van der Waals surface area contributed by atoms with E-state index in [1.54, 1.807) is 11.3 Å². The molecule has 0 saturated heterocycles. The van der Waals surface area contributed by atoms with Crippen molar-refractivity contribution in [2.24, 2.45) is 0 Å². The van der Waals surface area contributed by atoms with E-state index in [2.05, 4.69) is 38.6 Å². The van der Waals surface area contributed by atoms with E-state index in [1.807, 2.05) is 18.0 Å². The second kappa shape index (κ2) is 6.68. The van der Waals surface area contributed by atoms with E-state index in [0.717, 1.165) is 19.5 Å². The molecule has 0 aromatic carbocycles. The first kappa shape index (κ1) is 14.0. The Balaban J connectivity index is 2.11. The lowest BCUT2D eigenvalue weighted by molar-refractivity contribution is 0.856. The third-order valence-electron chi connectivity index (χ3n) is 2.44. The Morgan fingerprint density at radius 1 is 1.37 bits per heavy atom. The summed E-state index contributed by atoms with van der Waals surface area (Å²) in [6, 6.07) is 4.11. The predicted octanol–water partition coefficient (Wildman–Crippen LogP) is 3.04. The summed E-state index contributed by atoms with van der Waals surface area (Å²) in [4.78, 5) is 15.8. The van der Waals surface area contributed by atoms with Gasteiger partial charge in [-0.15, -0.1) is 11.3 Å². The minimum Gasteiger partial charge on any atom is -0.354 e. The first-order chi connectivity index (χ1) is 9.19. The first-order valence-corrected chi connectivity index (χ1v) is 7.33. The Morgan fingerprint density at radius 2 is 2.21 bits per heavy atom. The molecule has 0 saturated carbocycles. The summed E-state index contributed by atoms with van der Waals surface area (Å²) in [7, 11) is 1.94. The van der Waals surface area contributed by atoms with Gasteiger partial charge in [-0.2, -0.15) is 15.0 Å². The van der Waals surface area contributed by atoms with Gasteiger partial charge in [-0.1, -0.05) is 13.0 Å². The van der Waals surface area contributed by atoms with Crippen LogP contribution >= 0.6 is 22.9 Å². The van der Waals surface area contributed by atoms with Gasteiger partial charge in [-0.3, -0.25) is 0 Å². The van der Waals surface area contributed by atoms with Crippen molar-refractivity contribution in [3.63, 3.8) is 0 Å². The minimum atomic E-state index is 0.210. The van der Waals surface area contributed by atoms with Crippen LogP contribution in [0.5, 0.6) is 0 Å². The minimum absolute atomic E-state index is 0.210. The Kier molecular flexibility index (Phi) is 4.93. The molecule has 102 valence electrons. The van der Waals surface area contributed by atoms with Crippen LogP contribution in [0.1, 0.15) is 18.2 Å².